The maximum atomic E-state index is 6.38. The Labute approximate surface area is 135 Å². The third-order valence-electron chi connectivity index (χ3n) is 3.23. The van der Waals surface area contributed by atoms with E-state index in [0.29, 0.717) is 0 Å². The molecule has 0 saturated carbocycles. The number of unbranched alkanes of at least 4 members (excludes halogenated alkanes) is 2. The fourth-order valence-electron chi connectivity index (χ4n) is 1.85. The van der Waals surface area contributed by atoms with E-state index in [9.17, 15) is 0 Å². The average Bonchev–Trinajstić information content (AvgIpc) is 2.43. The normalized spacial score (nSPS) is 13.7. The number of hydrogen-bond donors (Lipinski definition) is 1. The molecule has 0 aliphatic rings. The standard InChI is InChI=1S/C4H10N.2C4H9O.C3H7S.Sn/c1-3-4(2)5;2*1-2-3-4-5;1-3-4-2;/h4H,1,3,5H2,2H3;2*2-4H2,1H3;2-3H2,1H3;/q;2*-1;;+2. The second-order valence-corrected chi connectivity index (χ2v) is 17.5. The molecule has 0 amide bonds. The fraction of sp³-hybridized carbons (Fsp3) is 1.00. The number of thioether (sulfide) groups is 1. The zero-order valence-corrected chi connectivity index (χ0v) is 17.6. The van der Waals surface area contributed by atoms with Crippen LogP contribution in [-0.4, -0.2) is 48.0 Å². The summed E-state index contributed by atoms with van der Waals surface area (Å²) in [6, 6.07) is 0.252. The second-order valence-electron chi connectivity index (χ2n) is 5.47. The molecule has 0 aromatic heterocycles. The van der Waals surface area contributed by atoms with Gasteiger partial charge >= 0.3 is 136 Å². The van der Waals surface area contributed by atoms with Gasteiger partial charge in [-0.15, -0.1) is 0 Å². The van der Waals surface area contributed by atoms with Crippen molar-refractivity contribution in [1.82, 2.24) is 0 Å². The summed E-state index contributed by atoms with van der Waals surface area (Å²) >= 11 is -0.925. The molecule has 122 valence electrons. The zero-order chi connectivity index (χ0) is 15.3. The molecule has 2 N–H and O–H groups in total. The molecule has 0 spiro atoms. The van der Waals surface area contributed by atoms with E-state index in [2.05, 4.69) is 27.7 Å². The molecule has 1 atom stereocenters. The molecule has 0 fully saturated rings. The molecule has 0 aromatic rings. The molecule has 20 heavy (non-hydrogen) atoms. The van der Waals surface area contributed by atoms with Gasteiger partial charge in [-0.05, 0) is 0 Å². The minimum absolute atomic E-state index is 0.252. The van der Waals surface area contributed by atoms with Crippen LogP contribution in [0.25, 0.3) is 0 Å². The molecule has 0 rings (SSSR count). The van der Waals surface area contributed by atoms with Gasteiger partial charge in [-0.25, -0.2) is 0 Å². The van der Waals surface area contributed by atoms with Crippen LogP contribution in [0.4, 0.5) is 0 Å². The SMILES string of the molecule is CCCC[O][Sn]([CH2]CC(C)N)([CH2]SCC)[O]CCCC. The van der Waals surface area contributed by atoms with Gasteiger partial charge in [0.2, 0.25) is 0 Å². The van der Waals surface area contributed by atoms with E-state index in [1.54, 1.807) is 0 Å². The quantitative estimate of drug-likeness (QED) is 0.345. The Morgan fingerprint density at radius 3 is 2.00 bits per heavy atom. The first-order valence-electron chi connectivity index (χ1n) is 8.21. The van der Waals surface area contributed by atoms with Crippen LogP contribution >= 0.6 is 11.8 Å². The van der Waals surface area contributed by atoms with E-state index in [4.69, 9.17) is 11.9 Å². The molecular weight excluding hydrogens is 377 g/mol. The van der Waals surface area contributed by atoms with Crippen LogP contribution in [0.5, 0.6) is 0 Å². The van der Waals surface area contributed by atoms with E-state index >= 15 is 0 Å². The summed E-state index contributed by atoms with van der Waals surface area (Å²) in [5.74, 6) is 1.14. The van der Waals surface area contributed by atoms with Crippen LogP contribution < -0.4 is 5.73 Å². The van der Waals surface area contributed by atoms with E-state index < -0.39 is 19.2 Å². The van der Waals surface area contributed by atoms with Gasteiger partial charge in [0.1, 0.15) is 0 Å². The number of rotatable bonds is 14. The summed E-state index contributed by atoms with van der Waals surface area (Å²) in [4.78, 5) is 0. The van der Waals surface area contributed by atoms with E-state index in [1.807, 2.05) is 11.8 Å². The van der Waals surface area contributed by atoms with Gasteiger partial charge in [-0.3, -0.25) is 0 Å². The monoisotopic (exact) mass is 413 g/mol. The molecule has 3 nitrogen and oxygen atoms in total. The molecule has 0 bridgehead atoms. The van der Waals surface area contributed by atoms with Crippen molar-refractivity contribution in [3.8, 4) is 0 Å². The van der Waals surface area contributed by atoms with Crippen molar-refractivity contribution in [2.75, 3.05) is 22.7 Å². The minimum atomic E-state index is -2.91. The summed E-state index contributed by atoms with van der Waals surface area (Å²) < 4.78 is 15.0. The van der Waals surface area contributed by atoms with Gasteiger partial charge in [0, 0.05) is 0 Å². The first-order chi connectivity index (χ1) is 9.60. The van der Waals surface area contributed by atoms with Crippen molar-refractivity contribution in [3.63, 3.8) is 0 Å². The van der Waals surface area contributed by atoms with Crippen molar-refractivity contribution >= 4 is 31.0 Å². The molecule has 5 heteroatoms. The summed E-state index contributed by atoms with van der Waals surface area (Å²) in [6.45, 7) is 10.5. The molecule has 0 radical (unpaired) electrons. The first-order valence-corrected chi connectivity index (χ1v) is 15.7. The van der Waals surface area contributed by atoms with E-state index in [0.717, 1.165) is 46.4 Å². The Morgan fingerprint density at radius 1 is 1.05 bits per heavy atom. The van der Waals surface area contributed by atoms with Crippen LogP contribution in [0.15, 0.2) is 0 Å². The van der Waals surface area contributed by atoms with Crippen LogP contribution in [0.3, 0.4) is 0 Å². The zero-order valence-electron chi connectivity index (χ0n) is 14.0. The summed E-state index contributed by atoms with van der Waals surface area (Å²) in [7, 11) is 0. The van der Waals surface area contributed by atoms with Crippen molar-refractivity contribution in [1.29, 1.82) is 0 Å². The molecule has 0 saturated heterocycles. The van der Waals surface area contributed by atoms with Crippen LogP contribution in [0, 0.1) is 0 Å². The van der Waals surface area contributed by atoms with E-state index in [-0.39, 0.29) is 6.04 Å². The van der Waals surface area contributed by atoms with Gasteiger partial charge in [0.15, 0.2) is 0 Å². The third-order valence-corrected chi connectivity index (χ3v) is 17.0. The maximum absolute atomic E-state index is 6.38. The predicted octanol–water partition coefficient (Wildman–Crippen LogP) is 4.09. The van der Waals surface area contributed by atoms with Crippen molar-refractivity contribution in [2.45, 2.75) is 70.3 Å². The molecule has 0 aromatic carbocycles. The molecule has 1 unspecified atom stereocenters. The Kier molecular flexibility index (Phi) is 14.4. The van der Waals surface area contributed by atoms with Crippen LogP contribution in [0.2, 0.25) is 4.44 Å². The van der Waals surface area contributed by atoms with Gasteiger partial charge in [-0.1, -0.05) is 0 Å². The fourth-order valence-corrected chi connectivity index (χ4v) is 16.3. The third kappa shape index (κ3) is 10.7. The molecule has 0 aliphatic heterocycles. The number of nitrogens with two attached hydrogens (primary N) is 1. The van der Waals surface area contributed by atoms with Crippen molar-refractivity contribution in [3.05, 3.63) is 0 Å². The summed E-state index contributed by atoms with van der Waals surface area (Å²) in [5, 5.41) is 0. The van der Waals surface area contributed by atoms with Crippen molar-refractivity contribution < 1.29 is 6.15 Å². The van der Waals surface area contributed by atoms with Gasteiger partial charge in [0.05, 0.1) is 0 Å². The van der Waals surface area contributed by atoms with Gasteiger partial charge < -0.3 is 0 Å². The predicted molar refractivity (Wildman–Crippen MR) is 93.5 cm³/mol. The Morgan fingerprint density at radius 2 is 1.60 bits per heavy atom. The van der Waals surface area contributed by atoms with Crippen molar-refractivity contribution in [2.24, 2.45) is 5.73 Å². The van der Waals surface area contributed by atoms with E-state index in [1.165, 1.54) is 12.8 Å². The molecule has 0 aliphatic carbocycles. The topological polar surface area (TPSA) is 44.5 Å². The Bertz CT molecular complexity index is 208. The van der Waals surface area contributed by atoms with Gasteiger partial charge in [0.25, 0.3) is 0 Å². The average molecular weight is 412 g/mol. The van der Waals surface area contributed by atoms with Gasteiger partial charge in [-0.2, -0.15) is 0 Å². The Hall–Kier alpha value is 1.03. The Balaban J connectivity index is 4.56. The summed E-state index contributed by atoms with van der Waals surface area (Å²) in [5.41, 5.74) is 5.95. The first kappa shape index (κ1) is 21.0. The molecular formula is C15H35NO2SSn. The summed E-state index contributed by atoms with van der Waals surface area (Å²) in [6.07, 6.45) is 5.70. The second kappa shape index (κ2) is 13.7. The van der Waals surface area contributed by atoms with Crippen LogP contribution in [-0.2, 0) is 6.15 Å². The number of hydrogen-bond acceptors (Lipinski definition) is 4. The molecule has 0 heterocycles. The van der Waals surface area contributed by atoms with Crippen LogP contribution in [0.1, 0.15) is 59.8 Å².